The first-order chi connectivity index (χ1) is 15.4. The van der Waals surface area contributed by atoms with Gasteiger partial charge in [0.05, 0.1) is 6.54 Å². The molecule has 7 heteroatoms. The van der Waals surface area contributed by atoms with E-state index in [-0.39, 0.29) is 24.3 Å². The fourth-order valence-corrected chi connectivity index (χ4v) is 8.95. The van der Waals surface area contributed by atoms with Gasteiger partial charge in [0, 0.05) is 6.42 Å². The maximum atomic E-state index is 11.2. The number of hydrogen-bond donors (Lipinski definition) is 5. The third-order valence-corrected chi connectivity index (χ3v) is 10.5. The van der Waals surface area contributed by atoms with Crippen molar-refractivity contribution in [1.29, 1.82) is 0 Å². The van der Waals surface area contributed by atoms with Gasteiger partial charge in [-0.15, -0.1) is 0 Å². The summed E-state index contributed by atoms with van der Waals surface area (Å²) < 4.78 is 0. The molecule has 4 aliphatic rings. The zero-order valence-electron chi connectivity index (χ0n) is 20.6. The molecule has 4 aliphatic carbocycles. The van der Waals surface area contributed by atoms with Crippen LogP contribution in [0.5, 0.6) is 0 Å². The molecule has 4 fully saturated rings. The standard InChI is InChI=1S/C24H40O4.C2H5NO2/c1-15(14-24(27,28)21(25)26)18-9-10-19-17-8-7-16-6-4-5-12-22(16,2)20(17)11-13-23(18,19)3;3-1-2(4)5/h15-20,27-28H,4-14H2,1-3H3,(H,25,26);1,3H2,(H,4,5)/t15?,16?,17-,18+,19-,20-,22-,23+;/m0./s1. The molecule has 2 unspecified atom stereocenters. The largest absolute Gasteiger partial charge is 0.480 e. The molecule has 7 nitrogen and oxygen atoms in total. The highest BCUT2D eigenvalue weighted by Crippen LogP contribution is 2.68. The number of aliphatic hydroxyl groups is 2. The fraction of sp³-hybridized carbons (Fsp3) is 0.923. The van der Waals surface area contributed by atoms with Gasteiger partial charge in [-0.1, -0.05) is 33.6 Å². The van der Waals surface area contributed by atoms with Crippen LogP contribution in [0.3, 0.4) is 0 Å². The minimum absolute atomic E-state index is 0.0132. The van der Waals surface area contributed by atoms with E-state index in [1.807, 2.05) is 6.92 Å². The van der Waals surface area contributed by atoms with Crippen molar-refractivity contribution in [2.45, 2.75) is 97.2 Å². The molecular formula is C26H45NO6. The van der Waals surface area contributed by atoms with Crippen LogP contribution >= 0.6 is 0 Å². The number of fused-ring (bicyclic) bond motifs is 5. The lowest BCUT2D eigenvalue weighted by molar-refractivity contribution is -0.211. The van der Waals surface area contributed by atoms with Gasteiger partial charge in [0.1, 0.15) is 0 Å². The SMILES string of the molecule is CC(CC(O)(O)C(=O)O)[C@H]1CC[C@H]2[C@@H]3CCC4CCCC[C@]4(C)[C@H]3CC[C@]12C.NCC(=O)O. The molecule has 0 aromatic heterocycles. The van der Waals surface area contributed by atoms with Gasteiger partial charge < -0.3 is 26.2 Å². The number of carboxylic acid groups (broad SMARTS) is 2. The van der Waals surface area contributed by atoms with Crippen LogP contribution in [0.1, 0.15) is 91.4 Å². The van der Waals surface area contributed by atoms with Crippen molar-refractivity contribution in [3.05, 3.63) is 0 Å². The smallest absolute Gasteiger partial charge is 0.364 e. The molecule has 4 saturated carbocycles. The van der Waals surface area contributed by atoms with Crippen LogP contribution < -0.4 is 5.73 Å². The molecule has 0 spiro atoms. The molecule has 0 saturated heterocycles. The van der Waals surface area contributed by atoms with Crippen molar-refractivity contribution in [2.24, 2.45) is 52.1 Å². The Morgan fingerprint density at radius 2 is 1.58 bits per heavy atom. The minimum atomic E-state index is -2.60. The Bertz CT molecular complexity index is 726. The molecule has 0 aromatic carbocycles. The molecule has 33 heavy (non-hydrogen) atoms. The van der Waals surface area contributed by atoms with E-state index in [1.54, 1.807) is 0 Å². The third-order valence-electron chi connectivity index (χ3n) is 10.5. The van der Waals surface area contributed by atoms with Crippen molar-refractivity contribution in [2.75, 3.05) is 6.54 Å². The molecule has 0 heterocycles. The molecule has 0 radical (unpaired) electrons. The maximum absolute atomic E-state index is 11.2. The maximum Gasteiger partial charge on any atom is 0.364 e. The number of carbonyl (C=O) groups is 2. The Balaban J connectivity index is 0.000000555. The van der Waals surface area contributed by atoms with Gasteiger partial charge in [-0.05, 0) is 97.7 Å². The summed E-state index contributed by atoms with van der Waals surface area (Å²) >= 11 is 0. The third kappa shape index (κ3) is 4.96. The quantitative estimate of drug-likeness (QED) is 0.387. The van der Waals surface area contributed by atoms with Crippen molar-refractivity contribution in [1.82, 2.24) is 0 Å². The number of nitrogens with two attached hydrogens (primary N) is 1. The van der Waals surface area contributed by atoms with Gasteiger partial charge in [0.25, 0.3) is 5.79 Å². The van der Waals surface area contributed by atoms with Crippen LogP contribution in [0.2, 0.25) is 0 Å². The van der Waals surface area contributed by atoms with E-state index >= 15 is 0 Å². The molecule has 0 bridgehead atoms. The first-order valence-electron chi connectivity index (χ1n) is 13.0. The monoisotopic (exact) mass is 467 g/mol. The van der Waals surface area contributed by atoms with Crippen molar-refractivity contribution in [3.8, 4) is 0 Å². The number of hydrogen-bond acceptors (Lipinski definition) is 5. The van der Waals surface area contributed by atoms with Crippen LogP contribution in [0, 0.1) is 46.3 Å². The van der Waals surface area contributed by atoms with E-state index in [4.69, 9.17) is 10.2 Å². The average Bonchev–Trinajstić information content (AvgIpc) is 3.10. The Morgan fingerprint density at radius 1 is 0.939 bits per heavy atom. The summed E-state index contributed by atoms with van der Waals surface area (Å²) in [6.07, 6.45) is 13.3. The lowest BCUT2D eigenvalue weighted by Gasteiger charge is -2.61. The zero-order valence-corrected chi connectivity index (χ0v) is 20.6. The van der Waals surface area contributed by atoms with Crippen LogP contribution in [0.25, 0.3) is 0 Å². The van der Waals surface area contributed by atoms with Crippen LogP contribution in [-0.2, 0) is 9.59 Å². The second kappa shape index (κ2) is 9.82. The molecule has 0 amide bonds. The summed E-state index contributed by atoms with van der Waals surface area (Å²) in [5, 5.41) is 36.5. The fourth-order valence-electron chi connectivity index (χ4n) is 8.95. The average molecular weight is 468 g/mol. The molecule has 6 N–H and O–H groups in total. The minimum Gasteiger partial charge on any atom is -0.480 e. The van der Waals surface area contributed by atoms with Gasteiger partial charge in [-0.25, -0.2) is 4.79 Å². The van der Waals surface area contributed by atoms with Crippen LogP contribution in [0.4, 0.5) is 0 Å². The topological polar surface area (TPSA) is 141 Å². The number of rotatable bonds is 5. The second-order valence-corrected chi connectivity index (χ2v) is 12.0. The Hall–Kier alpha value is -1.18. The molecule has 190 valence electrons. The van der Waals surface area contributed by atoms with E-state index in [1.165, 1.54) is 57.8 Å². The molecule has 4 rings (SSSR count). The van der Waals surface area contributed by atoms with E-state index in [9.17, 15) is 19.8 Å². The first kappa shape index (κ1) is 26.4. The summed E-state index contributed by atoms with van der Waals surface area (Å²) in [5.41, 5.74) is 5.34. The van der Waals surface area contributed by atoms with Gasteiger partial charge >= 0.3 is 11.9 Å². The molecule has 0 aromatic rings. The zero-order chi connectivity index (χ0) is 24.6. The Kier molecular flexibility index (Phi) is 7.87. The Morgan fingerprint density at radius 3 is 2.18 bits per heavy atom. The predicted octanol–water partition coefficient (Wildman–Crippen LogP) is 3.86. The van der Waals surface area contributed by atoms with Crippen molar-refractivity contribution < 1.29 is 30.0 Å². The van der Waals surface area contributed by atoms with Gasteiger partial charge in [-0.3, -0.25) is 4.79 Å². The number of aliphatic carboxylic acids is 2. The Labute approximate surface area is 198 Å². The van der Waals surface area contributed by atoms with Gasteiger partial charge in [0.2, 0.25) is 0 Å². The summed E-state index contributed by atoms with van der Waals surface area (Å²) in [6.45, 7) is 6.80. The first-order valence-corrected chi connectivity index (χ1v) is 13.0. The summed E-state index contributed by atoms with van der Waals surface area (Å²) in [4.78, 5) is 20.4. The molecular weight excluding hydrogens is 422 g/mol. The predicted molar refractivity (Wildman–Crippen MR) is 125 cm³/mol. The van der Waals surface area contributed by atoms with Crippen molar-refractivity contribution >= 4 is 11.9 Å². The highest BCUT2D eigenvalue weighted by molar-refractivity contribution is 5.74. The lowest BCUT2D eigenvalue weighted by Crippen LogP contribution is -2.53. The van der Waals surface area contributed by atoms with E-state index in [2.05, 4.69) is 19.6 Å². The van der Waals surface area contributed by atoms with Crippen LogP contribution in [-0.4, -0.2) is 44.7 Å². The van der Waals surface area contributed by atoms with E-state index < -0.39 is 17.7 Å². The number of carboxylic acids is 2. The highest BCUT2D eigenvalue weighted by atomic mass is 16.5. The van der Waals surface area contributed by atoms with E-state index in [0.29, 0.717) is 11.3 Å². The molecule has 0 aliphatic heterocycles. The summed E-state index contributed by atoms with van der Waals surface area (Å²) in [5.74, 6) is -1.32. The lowest BCUT2D eigenvalue weighted by atomic mass is 9.44. The van der Waals surface area contributed by atoms with Crippen molar-refractivity contribution in [3.63, 3.8) is 0 Å². The van der Waals surface area contributed by atoms with Gasteiger partial charge in [-0.2, -0.15) is 0 Å². The highest BCUT2D eigenvalue weighted by Gasteiger charge is 2.60. The second-order valence-electron chi connectivity index (χ2n) is 12.0. The molecule has 8 atom stereocenters. The van der Waals surface area contributed by atoms with Gasteiger partial charge in [0.15, 0.2) is 0 Å². The normalized spacial score (nSPS) is 41.0. The van der Waals surface area contributed by atoms with E-state index in [0.717, 1.165) is 30.1 Å². The summed E-state index contributed by atoms with van der Waals surface area (Å²) in [7, 11) is 0. The van der Waals surface area contributed by atoms with Crippen LogP contribution in [0.15, 0.2) is 0 Å². The summed E-state index contributed by atoms with van der Waals surface area (Å²) in [6, 6.07) is 0.